The lowest BCUT2D eigenvalue weighted by Gasteiger charge is -2.27. The van der Waals surface area contributed by atoms with Gasteiger partial charge in [0.25, 0.3) is 0 Å². The van der Waals surface area contributed by atoms with E-state index in [1.165, 1.54) is 12.1 Å². The Bertz CT molecular complexity index is 755. The summed E-state index contributed by atoms with van der Waals surface area (Å²) in [5, 5.41) is 5.91. The molecule has 1 fully saturated rings. The fraction of sp³-hybridized carbons (Fsp3) is 0.412. The number of aromatic nitrogens is 1. The Morgan fingerprint density at radius 2 is 1.96 bits per heavy atom. The fourth-order valence-corrected chi connectivity index (χ4v) is 2.83. The van der Waals surface area contributed by atoms with Gasteiger partial charge in [-0.25, -0.2) is 4.98 Å². The summed E-state index contributed by atoms with van der Waals surface area (Å²) >= 11 is 0. The maximum atomic E-state index is 12.6. The highest BCUT2D eigenvalue weighted by molar-refractivity contribution is 5.77. The van der Waals surface area contributed by atoms with Crippen molar-refractivity contribution in [3.63, 3.8) is 0 Å². The minimum Gasteiger partial charge on any atom is -0.443 e. The Morgan fingerprint density at radius 3 is 2.56 bits per heavy atom. The van der Waals surface area contributed by atoms with Gasteiger partial charge in [-0.3, -0.25) is 10.1 Å². The molecule has 1 aromatic carbocycles. The molecule has 1 amide bonds. The fourth-order valence-electron chi connectivity index (χ4n) is 2.83. The lowest BCUT2D eigenvalue weighted by atomic mass is 9.98. The van der Waals surface area contributed by atoms with Crippen LogP contribution in [0.15, 0.2) is 34.9 Å². The first-order valence-corrected chi connectivity index (χ1v) is 7.92. The van der Waals surface area contributed by atoms with Gasteiger partial charge in [0.05, 0.1) is 30.4 Å². The molecule has 0 saturated carbocycles. The zero-order chi connectivity index (χ0) is 18.2. The molecule has 2 heterocycles. The number of carbonyl (C=O) groups excluding carboxylic acids is 1. The highest BCUT2D eigenvalue weighted by Gasteiger charge is 2.31. The zero-order valence-corrected chi connectivity index (χ0v) is 13.7. The number of hydrogen-bond donors (Lipinski definition) is 2. The molecule has 1 aliphatic heterocycles. The lowest BCUT2D eigenvalue weighted by Crippen LogP contribution is -2.51. The van der Waals surface area contributed by atoms with Crippen LogP contribution in [0.5, 0.6) is 0 Å². The molecule has 0 spiro atoms. The van der Waals surface area contributed by atoms with Gasteiger partial charge in [0, 0.05) is 5.92 Å². The van der Waals surface area contributed by atoms with Crippen LogP contribution in [0, 0.1) is 0 Å². The van der Waals surface area contributed by atoms with Gasteiger partial charge in [-0.15, -0.1) is 0 Å². The van der Waals surface area contributed by atoms with Crippen molar-refractivity contribution < 1.29 is 22.4 Å². The van der Waals surface area contributed by atoms with Gasteiger partial charge in [0.1, 0.15) is 5.76 Å². The summed E-state index contributed by atoms with van der Waals surface area (Å²) in [6.07, 6.45) is -2.77. The second-order valence-electron chi connectivity index (χ2n) is 6.15. The smallest absolute Gasteiger partial charge is 0.416 e. The molecule has 3 rings (SSSR count). The van der Waals surface area contributed by atoms with E-state index in [-0.39, 0.29) is 30.5 Å². The molecule has 0 radical (unpaired) electrons. The SMILES string of the molecule is CC1NC(=O)CC(c2ncc(C(C)c3ccc(C(F)(F)F)cc3)o2)N1. The molecular formula is C17H18F3N3O2. The Morgan fingerprint density at radius 1 is 1.28 bits per heavy atom. The number of nitrogens with zero attached hydrogens (tertiary/aromatic N) is 1. The topological polar surface area (TPSA) is 67.2 Å². The maximum absolute atomic E-state index is 12.6. The summed E-state index contributed by atoms with van der Waals surface area (Å²) < 4.78 is 43.7. The Kier molecular flexibility index (Phi) is 4.55. The lowest BCUT2D eigenvalue weighted by molar-refractivity contribution is -0.137. The summed E-state index contributed by atoms with van der Waals surface area (Å²) in [7, 11) is 0. The number of alkyl halides is 3. The molecule has 25 heavy (non-hydrogen) atoms. The molecule has 2 N–H and O–H groups in total. The molecule has 134 valence electrons. The number of benzene rings is 1. The van der Waals surface area contributed by atoms with Crippen molar-refractivity contribution in [2.75, 3.05) is 0 Å². The molecule has 8 heteroatoms. The quantitative estimate of drug-likeness (QED) is 0.888. The number of rotatable bonds is 3. The summed E-state index contributed by atoms with van der Waals surface area (Å²) in [6, 6.07) is 4.65. The monoisotopic (exact) mass is 353 g/mol. The van der Waals surface area contributed by atoms with Gasteiger partial charge < -0.3 is 9.73 Å². The van der Waals surface area contributed by atoms with Gasteiger partial charge in [-0.2, -0.15) is 13.2 Å². The first-order valence-electron chi connectivity index (χ1n) is 7.92. The molecule has 0 aliphatic carbocycles. The normalized spacial score (nSPS) is 22.5. The second kappa shape index (κ2) is 6.51. The number of halogens is 3. The van der Waals surface area contributed by atoms with Crippen LogP contribution < -0.4 is 10.6 Å². The molecule has 2 aromatic rings. The van der Waals surface area contributed by atoms with E-state index in [1.54, 1.807) is 6.20 Å². The average Bonchev–Trinajstić information content (AvgIpc) is 3.02. The van der Waals surface area contributed by atoms with Crippen LogP contribution in [0.25, 0.3) is 0 Å². The molecule has 5 nitrogen and oxygen atoms in total. The third-order valence-corrected chi connectivity index (χ3v) is 4.22. The van der Waals surface area contributed by atoms with Gasteiger partial charge in [0.2, 0.25) is 11.8 Å². The van der Waals surface area contributed by atoms with Crippen molar-refractivity contribution in [1.82, 2.24) is 15.6 Å². The van der Waals surface area contributed by atoms with Crippen molar-refractivity contribution in [2.24, 2.45) is 0 Å². The molecule has 1 aliphatic rings. The van der Waals surface area contributed by atoms with E-state index in [9.17, 15) is 18.0 Å². The van der Waals surface area contributed by atoms with E-state index in [0.29, 0.717) is 17.2 Å². The zero-order valence-electron chi connectivity index (χ0n) is 13.7. The van der Waals surface area contributed by atoms with Crippen LogP contribution in [-0.2, 0) is 11.0 Å². The highest BCUT2D eigenvalue weighted by atomic mass is 19.4. The second-order valence-corrected chi connectivity index (χ2v) is 6.15. The van der Waals surface area contributed by atoms with Crippen LogP contribution in [0.2, 0.25) is 0 Å². The molecule has 1 aromatic heterocycles. The number of oxazole rings is 1. The summed E-state index contributed by atoms with van der Waals surface area (Å²) in [5.41, 5.74) is 0.00605. The van der Waals surface area contributed by atoms with Gasteiger partial charge in [0.15, 0.2) is 0 Å². The Balaban J connectivity index is 1.76. The van der Waals surface area contributed by atoms with E-state index >= 15 is 0 Å². The van der Waals surface area contributed by atoms with Crippen molar-refractivity contribution in [3.05, 3.63) is 53.2 Å². The minimum absolute atomic E-state index is 0.0909. The van der Waals surface area contributed by atoms with Crippen LogP contribution >= 0.6 is 0 Å². The number of carbonyl (C=O) groups is 1. The van der Waals surface area contributed by atoms with Gasteiger partial charge in [-0.1, -0.05) is 19.1 Å². The first-order chi connectivity index (χ1) is 11.7. The van der Waals surface area contributed by atoms with E-state index < -0.39 is 11.7 Å². The summed E-state index contributed by atoms with van der Waals surface area (Å²) in [6.45, 7) is 3.65. The number of amides is 1. The Labute approximate surface area is 142 Å². The molecule has 0 bridgehead atoms. The molecule has 1 saturated heterocycles. The number of nitrogens with one attached hydrogen (secondary N) is 2. The van der Waals surface area contributed by atoms with E-state index in [4.69, 9.17) is 4.42 Å². The molecule has 3 atom stereocenters. The predicted octanol–water partition coefficient (Wildman–Crippen LogP) is 3.34. The average molecular weight is 353 g/mol. The van der Waals surface area contributed by atoms with Crippen molar-refractivity contribution >= 4 is 5.91 Å². The van der Waals surface area contributed by atoms with Crippen molar-refractivity contribution in [3.8, 4) is 0 Å². The van der Waals surface area contributed by atoms with Gasteiger partial charge in [-0.05, 0) is 24.6 Å². The maximum Gasteiger partial charge on any atom is 0.416 e. The predicted molar refractivity (Wildman–Crippen MR) is 83.6 cm³/mol. The third-order valence-electron chi connectivity index (χ3n) is 4.22. The largest absolute Gasteiger partial charge is 0.443 e. The number of hydrogen-bond acceptors (Lipinski definition) is 4. The minimum atomic E-state index is -4.36. The standard InChI is InChI=1S/C17H18F3N3O2/c1-9(11-3-5-12(6-4-11)17(18,19)20)14-8-21-16(25-14)13-7-15(24)23-10(2)22-13/h3-6,8-10,13,22H,7H2,1-2H3,(H,23,24). The summed E-state index contributed by atoms with van der Waals surface area (Å²) in [5.74, 6) is 0.593. The van der Waals surface area contributed by atoms with Crippen molar-refractivity contribution in [1.29, 1.82) is 0 Å². The van der Waals surface area contributed by atoms with E-state index in [0.717, 1.165) is 12.1 Å². The van der Waals surface area contributed by atoms with Crippen LogP contribution in [0.1, 0.15) is 55.0 Å². The summed E-state index contributed by atoms with van der Waals surface area (Å²) in [4.78, 5) is 15.8. The van der Waals surface area contributed by atoms with Crippen molar-refractivity contribution in [2.45, 2.75) is 44.6 Å². The molecule has 3 unspecified atom stereocenters. The van der Waals surface area contributed by atoms with E-state index in [2.05, 4.69) is 15.6 Å². The van der Waals surface area contributed by atoms with Crippen LogP contribution in [0.3, 0.4) is 0 Å². The van der Waals surface area contributed by atoms with Crippen LogP contribution in [-0.4, -0.2) is 17.1 Å². The third kappa shape index (κ3) is 3.84. The molecular weight excluding hydrogens is 335 g/mol. The first kappa shape index (κ1) is 17.5. The van der Waals surface area contributed by atoms with Crippen LogP contribution in [0.4, 0.5) is 13.2 Å². The Hall–Kier alpha value is -2.35. The van der Waals surface area contributed by atoms with Gasteiger partial charge >= 0.3 is 6.18 Å². The highest BCUT2D eigenvalue weighted by Crippen LogP contribution is 2.32. The van der Waals surface area contributed by atoms with E-state index in [1.807, 2.05) is 13.8 Å².